The molecule has 126 valence electrons. The molecule has 0 saturated carbocycles. The van der Waals surface area contributed by atoms with Crippen molar-refractivity contribution in [2.24, 2.45) is 5.73 Å². The quantitative estimate of drug-likeness (QED) is 0.582. The molecule has 0 aliphatic carbocycles. The molecule has 23 heavy (non-hydrogen) atoms. The van der Waals surface area contributed by atoms with E-state index >= 15 is 0 Å². The standard InChI is InChI=1S/C16H23N3O4/c1-9-4-6-12(7-5-9)10(2)18-15(22)11(3)19-16(23)13(17)8-14(20)21/h4-7,10-11,13H,8,17H2,1-3H3,(H,18,22)(H,19,23)(H,20,21)/t10-,11+,13-/m0/s1. The fourth-order valence-corrected chi connectivity index (χ4v) is 1.94. The molecule has 1 aromatic rings. The maximum Gasteiger partial charge on any atom is 0.305 e. The highest BCUT2D eigenvalue weighted by molar-refractivity contribution is 5.91. The van der Waals surface area contributed by atoms with Crippen molar-refractivity contribution in [3.05, 3.63) is 35.4 Å². The summed E-state index contributed by atoms with van der Waals surface area (Å²) in [5.41, 5.74) is 7.52. The second kappa shape index (κ2) is 8.28. The van der Waals surface area contributed by atoms with Gasteiger partial charge in [-0.3, -0.25) is 14.4 Å². The van der Waals surface area contributed by atoms with Crippen molar-refractivity contribution in [3.8, 4) is 0 Å². The van der Waals surface area contributed by atoms with E-state index in [1.54, 1.807) is 0 Å². The number of carbonyl (C=O) groups is 3. The van der Waals surface area contributed by atoms with Gasteiger partial charge in [0, 0.05) is 0 Å². The van der Waals surface area contributed by atoms with Crippen molar-refractivity contribution < 1.29 is 19.5 Å². The fourth-order valence-electron chi connectivity index (χ4n) is 1.94. The minimum absolute atomic E-state index is 0.213. The first-order valence-electron chi connectivity index (χ1n) is 7.35. The summed E-state index contributed by atoms with van der Waals surface area (Å²) in [5, 5.41) is 13.8. The lowest BCUT2D eigenvalue weighted by molar-refractivity contribution is -0.139. The number of carboxylic acids is 1. The molecule has 0 heterocycles. The van der Waals surface area contributed by atoms with Gasteiger partial charge < -0.3 is 21.5 Å². The minimum Gasteiger partial charge on any atom is -0.481 e. The zero-order valence-electron chi connectivity index (χ0n) is 13.5. The first-order chi connectivity index (χ1) is 10.7. The number of aryl methyl sites for hydroxylation is 1. The first kappa shape index (κ1) is 18.6. The Hall–Kier alpha value is -2.41. The summed E-state index contributed by atoms with van der Waals surface area (Å²) in [5.74, 6) is -2.20. The lowest BCUT2D eigenvalue weighted by Crippen LogP contribution is -2.51. The number of amides is 2. The van der Waals surface area contributed by atoms with E-state index in [-0.39, 0.29) is 11.9 Å². The first-order valence-corrected chi connectivity index (χ1v) is 7.35. The molecule has 0 aliphatic rings. The molecule has 1 rings (SSSR count). The second-order valence-corrected chi connectivity index (χ2v) is 5.58. The van der Waals surface area contributed by atoms with Gasteiger partial charge in [0.25, 0.3) is 0 Å². The van der Waals surface area contributed by atoms with Crippen molar-refractivity contribution in [2.75, 3.05) is 0 Å². The average molecular weight is 321 g/mol. The number of hydrogen-bond acceptors (Lipinski definition) is 4. The fraction of sp³-hybridized carbons (Fsp3) is 0.438. The maximum atomic E-state index is 12.1. The van der Waals surface area contributed by atoms with Crippen LogP contribution in [0.3, 0.4) is 0 Å². The molecule has 7 heteroatoms. The van der Waals surface area contributed by atoms with E-state index in [9.17, 15) is 14.4 Å². The smallest absolute Gasteiger partial charge is 0.305 e. The van der Waals surface area contributed by atoms with Gasteiger partial charge in [-0.25, -0.2) is 0 Å². The van der Waals surface area contributed by atoms with Crippen LogP contribution < -0.4 is 16.4 Å². The van der Waals surface area contributed by atoms with Crippen LogP contribution in [0.1, 0.15) is 37.4 Å². The Kier molecular flexibility index (Phi) is 6.71. The van der Waals surface area contributed by atoms with Gasteiger partial charge in [0.1, 0.15) is 6.04 Å². The molecule has 2 amide bonds. The highest BCUT2D eigenvalue weighted by atomic mass is 16.4. The number of carboxylic acid groups (broad SMARTS) is 1. The number of nitrogens with two attached hydrogens (primary N) is 1. The molecule has 0 aromatic heterocycles. The van der Waals surface area contributed by atoms with E-state index in [0.29, 0.717) is 0 Å². The second-order valence-electron chi connectivity index (χ2n) is 5.58. The van der Waals surface area contributed by atoms with Gasteiger partial charge in [0.15, 0.2) is 0 Å². The Morgan fingerprint density at radius 2 is 1.65 bits per heavy atom. The number of aliphatic carboxylic acids is 1. The Labute approximate surface area is 135 Å². The summed E-state index contributed by atoms with van der Waals surface area (Å²) in [6.45, 7) is 5.33. The molecule has 0 bridgehead atoms. The van der Waals surface area contributed by atoms with E-state index in [4.69, 9.17) is 10.8 Å². The Morgan fingerprint density at radius 3 is 2.17 bits per heavy atom. The van der Waals surface area contributed by atoms with Crippen molar-refractivity contribution in [3.63, 3.8) is 0 Å². The van der Waals surface area contributed by atoms with Crippen LogP contribution in [-0.4, -0.2) is 35.0 Å². The van der Waals surface area contributed by atoms with Gasteiger partial charge in [-0.1, -0.05) is 29.8 Å². The molecule has 7 nitrogen and oxygen atoms in total. The van der Waals surface area contributed by atoms with Gasteiger partial charge in [0.2, 0.25) is 11.8 Å². The van der Waals surface area contributed by atoms with Crippen LogP contribution >= 0.6 is 0 Å². The SMILES string of the molecule is Cc1ccc([C@H](C)NC(=O)[C@@H](C)NC(=O)[C@@H](N)CC(=O)O)cc1. The molecule has 3 atom stereocenters. The molecule has 0 aliphatic heterocycles. The Balaban J connectivity index is 2.54. The van der Waals surface area contributed by atoms with Crippen LogP contribution in [0.15, 0.2) is 24.3 Å². The Morgan fingerprint density at radius 1 is 1.09 bits per heavy atom. The van der Waals surface area contributed by atoms with Gasteiger partial charge in [0.05, 0.1) is 18.5 Å². The van der Waals surface area contributed by atoms with E-state index in [1.807, 2.05) is 38.1 Å². The lowest BCUT2D eigenvalue weighted by atomic mass is 10.1. The van der Waals surface area contributed by atoms with Crippen molar-refractivity contribution in [2.45, 2.75) is 45.3 Å². The molecular weight excluding hydrogens is 298 g/mol. The molecule has 1 aromatic carbocycles. The zero-order chi connectivity index (χ0) is 17.6. The normalized spacial score (nSPS) is 14.4. The number of hydrogen-bond donors (Lipinski definition) is 4. The summed E-state index contributed by atoms with van der Waals surface area (Å²) >= 11 is 0. The molecule has 0 spiro atoms. The van der Waals surface area contributed by atoms with Gasteiger partial charge in [-0.15, -0.1) is 0 Å². The van der Waals surface area contributed by atoms with Gasteiger partial charge >= 0.3 is 5.97 Å². The summed E-state index contributed by atoms with van der Waals surface area (Å²) in [7, 11) is 0. The van der Waals surface area contributed by atoms with Gasteiger partial charge in [-0.05, 0) is 26.3 Å². The molecule has 0 radical (unpaired) electrons. The number of benzene rings is 1. The van der Waals surface area contributed by atoms with Crippen LogP contribution in [0.5, 0.6) is 0 Å². The summed E-state index contributed by atoms with van der Waals surface area (Å²) in [6, 6.07) is 5.54. The minimum atomic E-state index is -1.18. The highest BCUT2D eigenvalue weighted by Gasteiger charge is 2.22. The number of nitrogens with one attached hydrogen (secondary N) is 2. The van der Waals surface area contributed by atoms with E-state index in [1.165, 1.54) is 6.92 Å². The van der Waals surface area contributed by atoms with E-state index in [2.05, 4.69) is 10.6 Å². The van der Waals surface area contributed by atoms with Crippen molar-refractivity contribution >= 4 is 17.8 Å². The van der Waals surface area contributed by atoms with Crippen LogP contribution in [-0.2, 0) is 14.4 Å². The third-order valence-corrected chi connectivity index (χ3v) is 3.42. The van der Waals surface area contributed by atoms with Crippen molar-refractivity contribution in [1.82, 2.24) is 10.6 Å². The summed E-state index contributed by atoms with van der Waals surface area (Å²) in [6.07, 6.45) is -0.486. The molecular formula is C16H23N3O4. The number of carbonyl (C=O) groups excluding carboxylic acids is 2. The van der Waals surface area contributed by atoms with Crippen LogP contribution in [0.4, 0.5) is 0 Å². The van der Waals surface area contributed by atoms with Crippen LogP contribution in [0.25, 0.3) is 0 Å². The average Bonchev–Trinajstić information content (AvgIpc) is 2.46. The predicted molar refractivity (Wildman–Crippen MR) is 85.6 cm³/mol. The molecule has 0 unspecified atom stereocenters. The Bertz CT molecular complexity index is 571. The zero-order valence-corrected chi connectivity index (χ0v) is 13.5. The summed E-state index contributed by atoms with van der Waals surface area (Å²) in [4.78, 5) is 34.3. The third kappa shape index (κ3) is 6.07. The largest absolute Gasteiger partial charge is 0.481 e. The predicted octanol–water partition coefficient (Wildman–Crippen LogP) is 0.479. The van der Waals surface area contributed by atoms with Crippen molar-refractivity contribution in [1.29, 1.82) is 0 Å². The van der Waals surface area contributed by atoms with Crippen LogP contribution in [0.2, 0.25) is 0 Å². The van der Waals surface area contributed by atoms with Gasteiger partial charge in [-0.2, -0.15) is 0 Å². The summed E-state index contributed by atoms with van der Waals surface area (Å²) < 4.78 is 0. The topological polar surface area (TPSA) is 122 Å². The van der Waals surface area contributed by atoms with E-state index < -0.39 is 30.4 Å². The monoisotopic (exact) mass is 321 g/mol. The van der Waals surface area contributed by atoms with E-state index in [0.717, 1.165) is 11.1 Å². The lowest BCUT2D eigenvalue weighted by Gasteiger charge is -2.20. The maximum absolute atomic E-state index is 12.1. The van der Waals surface area contributed by atoms with Crippen LogP contribution in [0, 0.1) is 6.92 Å². The third-order valence-electron chi connectivity index (χ3n) is 3.42. The molecule has 5 N–H and O–H groups in total. The molecule has 0 fully saturated rings. The number of rotatable bonds is 7. The highest BCUT2D eigenvalue weighted by Crippen LogP contribution is 2.13. The molecule has 0 saturated heterocycles.